The van der Waals surface area contributed by atoms with E-state index in [0.717, 1.165) is 22.8 Å². The van der Waals surface area contributed by atoms with E-state index >= 15 is 0 Å². The molecule has 2 aromatic carbocycles. The topological polar surface area (TPSA) is 12.4 Å². The first-order chi connectivity index (χ1) is 11.3. The van der Waals surface area contributed by atoms with Crippen molar-refractivity contribution >= 4 is 46.1 Å². The molecule has 1 unspecified atom stereocenters. The number of rotatable bonds is 2. The Labute approximate surface area is 149 Å². The fraction of sp³-hybridized carbons (Fsp3) is 0.105. The maximum absolute atomic E-state index is 6.20. The number of thioether (sulfide) groups is 1. The van der Waals surface area contributed by atoms with Crippen LogP contribution in [0.25, 0.3) is 0 Å². The Morgan fingerprint density at radius 1 is 1.00 bits per heavy atom. The summed E-state index contributed by atoms with van der Waals surface area (Å²) in [7, 11) is 0. The molecule has 1 atom stereocenters. The van der Waals surface area contributed by atoms with Crippen molar-refractivity contribution in [1.29, 1.82) is 0 Å². The lowest BCUT2D eigenvalue weighted by Gasteiger charge is -2.16. The van der Waals surface area contributed by atoms with Crippen molar-refractivity contribution in [3.8, 4) is 0 Å². The first kappa shape index (κ1) is 15.0. The molecule has 0 saturated heterocycles. The molecule has 0 N–H and O–H groups in total. The third-order valence-corrected chi connectivity index (χ3v) is 6.27. The van der Waals surface area contributed by atoms with Crippen molar-refractivity contribution in [3.05, 3.63) is 81.5 Å². The quantitative estimate of drug-likeness (QED) is 0.494. The molecular formula is C19H14ClNS2. The summed E-state index contributed by atoms with van der Waals surface area (Å²) < 4.78 is 0. The molecular weight excluding hydrogens is 342 g/mol. The van der Waals surface area contributed by atoms with Crippen molar-refractivity contribution in [2.24, 2.45) is 4.99 Å². The van der Waals surface area contributed by atoms with E-state index in [1.807, 2.05) is 23.9 Å². The lowest BCUT2D eigenvalue weighted by atomic mass is 10.1. The minimum absolute atomic E-state index is 0.318. The largest absolute Gasteiger partial charge is 0.251 e. The zero-order valence-electron chi connectivity index (χ0n) is 12.3. The van der Waals surface area contributed by atoms with Crippen LogP contribution in [-0.2, 0) is 0 Å². The summed E-state index contributed by atoms with van der Waals surface area (Å²) in [5, 5.41) is 3.21. The molecule has 4 heteroatoms. The van der Waals surface area contributed by atoms with Crippen molar-refractivity contribution < 1.29 is 0 Å². The molecule has 0 aliphatic carbocycles. The molecule has 0 bridgehead atoms. The van der Waals surface area contributed by atoms with Crippen LogP contribution in [0, 0.1) is 0 Å². The van der Waals surface area contributed by atoms with Gasteiger partial charge in [0.1, 0.15) is 0 Å². The van der Waals surface area contributed by atoms with Crippen LogP contribution in [0.2, 0.25) is 5.02 Å². The molecule has 4 rings (SSSR count). The van der Waals surface area contributed by atoms with Gasteiger partial charge in [0.25, 0.3) is 0 Å². The van der Waals surface area contributed by atoms with Crippen LogP contribution in [0.1, 0.15) is 22.1 Å². The second-order valence-electron chi connectivity index (χ2n) is 5.37. The fourth-order valence-electron chi connectivity index (χ4n) is 2.70. The van der Waals surface area contributed by atoms with Crippen molar-refractivity contribution in [2.45, 2.75) is 16.6 Å². The molecule has 0 fully saturated rings. The van der Waals surface area contributed by atoms with Gasteiger partial charge in [-0.1, -0.05) is 41.9 Å². The minimum Gasteiger partial charge on any atom is -0.251 e. The lowest BCUT2D eigenvalue weighted by molar-refractivity contribution is 1.01. The predicted octanol–water partition coefficient (Wildman–Crippen LogP) is 6.76. The second kappa shape index (κ2) is 6.52. The van der Waals surface area contributed by atoms with E-state index in [0.29, 0.717) is 5.25 Å². The van der Waals surface area contributed by atoms with E-state index in [9.17, 15) is 0 Å². The van der Waals surface area contributed by atoms with Crippen LogP contribution in [-0.4, -0.2) is 5.71 Å². The summed E-state index contributed by atoms with van der Waals surface area (Å²) in [5.74, 6) is 0. The Morgan fingerprint density at radius 3 is 2.74 bits per heavy atom. The van der Waals surface area contributed by atoms with Crippen LogP contribution >= 0.6 is 34.7 Å². The van der Waals surface area contributed by atoms with Crippen LogP contribution in [0.4, 0.5) is 5.69 Å². The molecule has 1 aliphatic heterocycles. The molecule has 0 spiro atoms. The number of benzene rings is 2. The van der Waals surface area contributed by atoms with E-state index in [4.69, 9.17) is 16.6 Å². The van der Waals surface area contributed by atoms with Gasteiger partial charge in [0, 0.05) is 26.5 Å². The van der Waals surface area contributed by atoms with Crippen LogP contribution in [0.15, 0.2) is 75.9 Å². The number of nitrogens with zero attached hydrogens (tertiary/aromatic N) is 1. The fourth-order valence-corrected chi connectivity index (χ4v) is 4.85. The highest BCUT2D eigenvalue weighted by molar-refractivity contribution is 7.99. The van der Waals surface area contributed by atoms with Gasteiger partial charge in [-0.25, -0.2) is 0 Å². The maximum atomic E-state index is 6.20. The summed E-state index contributed by atoms with van der Waals surface area (Å²) in [4.78, 5) is 7.42. The first-order valence-corrected chi connectivity index (χ1v) is 9.56. The van der Waals surface area contributed by atoms with Crippen molar-refractivity contribution in [3.63, 3.8) is 0 Å². The zero-order valence-corrected chi connectivity index (χ0v) is 14.7. The monoisotopic (exact) mass is 355 g/mol. The van der Waals surface area contributed by atoms with Gasteiger partial charge in [-0.2, -0.15) is 0 Å². The molecule has 0 radical (unpaired) electrons. The number of hydrogen-bond donors (Lipinski definition) is 0. The van der Waals surface area contributed by atoms with Crippen molar-refractivity contribution in [1.82, 2.24) is 0 Å². The molecule has 23 heavy (non-hydrogen) atoms. The SMILES string of the molecule is Clc1cccc(C2CC(c3cccs3)=Nc3ccccc3S2)c1. The number of para-hydroxylation sites is 1. The van der Waals surface area contributed by atoms with E-state index in [1.165, 1.54) is 15.3 Å². The highest BCUT2D eigenvalue weighted by Gasteiger charge is 2.22. The van der Waals surface area contributed by atoms with Gasteiger partial charge in [0.05, 0.1) is 11.4 Å². The Hall–Kier alpha value is -1.55. The van der Waals surface area contributed by atoms with E-state index in [-0.39, 0.29) is 0 Å². The third kappa shape index (κ3) is 3.23. The predicted molar refractivity (Wildman–Crippen MR) is 102 cm³/mol. The van der Waals surface area contributed by atoms with Gasteiger partial charge >= 0.3 is 0 Å². The minimum atomic E-state index is 0.318. The summed E-state index contributed by atoms with van der Waals surface area (Å²) in [6.45, 7) is 0. The van der Waals surface area contributed by atoms with Gasteiger partial charge in [-0.05, 0) is 41.3 Å². The Kier molecular flexibility index (Phi) is 4.25. The molecule has 1 aromatic heterocycles. The van der Waals surface area contributed by atoms with Gasteiger partial charge in [0.2, 0.25) is 0 Å². The van der Waals surface area contributed by atoms with Gasteiger partial charge in [-0.3, -0.25) is 4.99 Å². The second-order valence-corrected chi connectivity index (χ2v) is 8.00. The molecule has 1 nitrogen and oxygen atoms in total. The normalized spacial score (nSPS) is 17.3. The third-order valence-electron chi connectivity index (χ3n) is 3.79. The lowest BCUT2D eigenvalue weighted by Crippen LogP contribution is -2.03. The number of hydrogen-bond acceptors (Lipinski definition) is 3. The van der Waals surface area contributed by atoms with E-state index in [1.54, 1.807) is 11.3 Å². The summed E-state index contributed by atoms with van der Waals surface area (Å²) >= 11 is 9.82. The summed E-state index contributed by atoms with van der Waals surface area (Å²) in [6, 6.07) is 20.8. The van der Waals surface area contributed by atoms with Gasteiger partial charge in [0.15, 0.2) is 0 Å². The molecule has 0 amide bonds. The first-order valence-electron chi connectivity index (χ1n) is 7.42. The van der Waals surface area contributed by atoms with Crippen LogP contribution in [0.5, 0.6) is 0 Å². The molecule has 0 saturated carbocycles. The van der Waals surface area contributed by atoms with Gasteiger partial charge < -0.3 is 0 Å². The number of halogens is 1. The van der Waals surface area contributed by atoms with Crippen LogP contribution in [0.3, 0.4) is 0 Å². The maximum Gasteiger partial charge on any atom is 0.0769 e. The summed E-state index contributed by atoms with van der Waals surface area (Å²) in [6.07, 6.45) is 0.903. The average Bonchev–Trinajstić information content (AvgIpc) is 3.02. The van der Waals surface area contributed by atoms with E-state index in [2.05, 4.69) is 53.9 Å². The average molecular weight is 356 g/mol. The molecule has 2 heterocycles. The standard InChI is InChI=1S/C19H14ClNS2/c20-14-6-3-5-13(11-14)19-12-16(17-9-4-10-22-17)21-15-7-1-2-8-18(15)23-19/h1-11,19H,12H2. The van der Waals surface area contributed by atoms with E-state index < -0.39 is 0 Å². The highest BCUT2D eigenvalue weighted by Crippen LogP contribution is 2.46. The molecule has 3 aromatic rings. The number of aliphatic imine (C=N–C) groups is 1. The van der Waals surface area contributed by atoms with Gasteiger partial charge in [-0.15, -0.1) is 23.1 Å². The van der Waals surface area contributed by atoms with Crippen LogP contribution < -0.4 is 0 Å². The smallest absolute Gasteiger partial charge is 0.0769 e. The molecule has 1 aliphatic rings. The zero-order chi connectivity index (χ0) is 15.6. The Bertz CT molecular complexity index is 855. The van der Waals surface area contributed by atoms with Crippen molar-refractivity contribution in [2.75, 3.05) is 0 Å². The Balaban J connectivity index is 1.80. The molecule has 114 valence electrons. The summed E-state index contributed by atoms with van der Waals surface area (Å²) in [5.41, 5.74) is 3.47. The number of thiophene rings is 1. The number of fused-ring (bicyclic) bond motifs is 1. The highest BCUT2D eigenvalue weighted by atomic mass is 35.5. The Morgan fingerprint density at radius 2 is 1.91 bits per heavy atom.